The Morgan fingerprint density at radius 1 is 0.933 bits per heavy atom. The van der Waals surface area contributed by atoms with E-state index in [1.165, 1.54) is 0 Å². The predicted molar refractivity (Wildman–Crippen MR) is 116 cm³/mol. The smallest absolute Gasteiger partial charge is 0.319 e. The maximum absolute atomic E-state index is 12.4. The number of aromatic nitrogens is 3. The maximum Gasteiger partial charge on any atom is 0.319 e. The Balaban J connectivity index is 1.39. The number of benzene rings is 2. The molecule has 2 aromatic carbocycles. The summed E-state index contributed by atoms with van der Waals surface area (Å²) in [4.78, 5) is 20.8. The van der Waals surface area contributed by atoms with Crippen LogP contribution in [0, 0.1) is 11.8 Å². The number of imidazole rings is 1. The van der Waals surface area contributed by atoms with Gasteiger partial charge in [0.15, 0.2) is 0 Å². The van der Waals surface area contributed by atoms with Gasteiger partial charge in [0.2, 0.25) is 0 Å². The third-order valence-corrected chi connectivity index (χ3v) is 4.30. The monoisotopic (exact) mass is 393 g/mol. The van der Waals surface area contributed by atoms with Crippen LogP contribution in [0.5, 0.6) is 0 Å². The third kappa shape index (κ3) is 4.91. The van der Waals surface area contributed by atoms with Crippen molar-refractivity contribution in [2.24, 2.45) is 0 Å². The molecule has 2 amide bonds. The lowest BCUT2D eigenvalue weighted by Gasteiger charge is -2.11. The predicted octanol–water partition coefficient (Wildman–Crippen LogP) is 3.99. The number of hydrogen-bond donors (Lipinski definition) is 2. The first-order valence-corrected chi connectivity index (χ1v) is 9.42. The largest absolute Gasteiger partial charge is 0.334 e. The zero-order valence-corrected chi connectivity index (χ0v) is 16.1. The summed E-state index contributed by atoms with van der Waals surface area (Å²) in [5, 5.41) is 5.71. The molecule has 0 radical (unpaired) electrons. The summed E-state index contributed by atoms with van der Waals surface area (Å²) in [6, 6.07) is 20.7. The summed E-state index contributed by atoms with van der Waals surface area (Å²) in [5.41, 5.74) is 3.33. The standard InChI is InChI=1S/C24H19N5O/c30-24(27-17-21-9-5-13-26-23(21)29-15-14-25-18-29)28-22-10-4-8-20(16-22)12-11-19-6-2-1-3-7-19/h1-10,13-16,18H,17H2,(H2,27,28,30). The van der Waals surface area contributed by atoms with E-state index in [1.54, 1.807) is 18.7 Å². The number of anilines is 1. The molecule has 2 N–H and O–H groups in total. The van der Waals surface area contributed by atoms with E-state index in [0.29, 0.717) is 12.2 Å². The Labute approximate surface area is 174 Å². The van der Waals surface area contributed by atoms with E-state index in [4.69, 9.17) is 0 Å². The second kappa shape index (κ2) is 9.22. The van der Waals surface area contributed by atoms with Crippen molar-refractivity contribution in [1.29, 1.82) is 0 Å². The minimum Gasteiger partial charge on any atom is -0.334 e. The van der Waals surface area contributed by atoms with Gasteiger partial charge >= 0.3 is 6.03 Å². The maximum atomic E-state index is 12.4. The minimum absolute atomic E-state index is 0.302. The highest BCUT2D eigenvalue weighted by molar-refractivity contribution is 5.89. The number of hydrogen-bond acceptors (Lipinski definition) is 3. The number of pyridine rings is 1. The lowest BCUT2D eigenvalue weighted by molar-refractivity contribution is 0.251. The molecular weight excluding hydrogens is 374 g/mol. The minimum atomic E-state index is -0.302. The van der Waals surface area contributed by atoms with Gasteiger partial charge in [0.1, 0.15) is 12.1 Å². The van der Waals surface area contributed by atoms with E-state index in [2.05, 4.69) is 32.4 Å². The van der Waals surface area contributed by atoms with E-state index in [9.17, 15) is 4.79 Å². The van der Waals surface area contributed by atoms with E-state index in [0.717, 1.165) is 22.5 Å². The Morgan fingerprint density at radius 2 is 1.77 bits per heavy atom. The Bertz CT molecular complexity index is 1190. The van der Waals surface area contributed by atoms with Crippen LogP contribution >= 0.6 is 0 Å². The molecule has 6 nitrogen and oxygen atoms in total. The molecule has 0 aliphatic carbocycles. The zero-order chi connectivity index (χ0) is 20.6. The van der Waals surface area contributed by atoms with Gasteiger partial charge in [0, 0.05) is 47.5 Å². The van der Waals surface area contributed by atoms with E-state index < -0.39 is 0 Å². The van der Waals surface area contributed by atoms with Crippen LogP contribution in [0.2, 0.25) is 0 Å². The molecule has 0 saturated heterocycles. The molecule has 0 fully saturated rings. The molecule has 146 valence electrons. The van der Waals surface area contributed by atoms with Crippen molar-refractivity contribution in [2.45, 2.75) is 6.54 Å². The topological polar surface area (TPSA) is 71.8 Å². The lowest BCUT2D eigenvalue weighted by atomic mass is 10.1. The van der Waals surface area contributed by atoms with Crippen LogP contribution in [0.1, 0.15) is 16.7 Å². The number of carbonyl (C=O) groups is 1. The average molecular weight is 393 g/mol. The fourth-order valence-electron chi connectivity index (χ4n) is 2.88. The van der Waals surface area contributed by atoms with Crippen LogP contribution in [-0.2, 0) is 6.54 Å². The first-order valence-electron chi connectivity index (χ1n) is 9.42. The van der Waals surface area contributed by atoms with Gasteiger partial charge in [0.05, 0.1) is 0 Å². The van der Waals surface area contributed by atoms with Gasteiger partial charge in [0.25, 0.3) is 0 Å². The second-order valence-electron chi connectivity index (χ2n) is 6.46. The normalized spacial score (nSPS) is 10.0. The third-order valence-electron chi connectivity index (χ3n) is 4.30. The molecular formula is C24H19N5O. The number of amides is 2. The molecule has 4 rings (SSSR count). The summed E-state index contributed by atoms with van der Waals surface area (Å²) >= 11 is 0. The summed E-state index contributed by atoms with van der Waals surface area (Å²) in [6.07, 6.45) is 6.88. The Morgan fingerprint density at radius 3 is 2.60 bits per heavy atom. The van der Waals surface area contributed by atoms with Crippen molar-refractivity contribution in [1.82, 2.24) is 19.9 Å². The highest BCUT2D eigenvalue weighted by Crippen LogP contribution is 2.12. The fraction of sp³-hybridized carbons (Fsp3) is 0.0417. The summed E-state index contributed by atoms with van der Waals surface area (Å²) in [5.74, 6) is 6.96. The van der Waals surface area contributed by atoms with Crippen molar-refractivity contribution in [3.8, 4) is 17.7 Å². The molecule has 0 spiro atoms. The van der Waals surface area contributed by atoms with E-state index in [-0.39, 0.29) is 6.03 Å². The number of nitrogens with one attached hydrogen (secondary N) is 2. The van der Waals surface area contributed by atoms with Crippen LogP contribution < -0.4 is 10.6 Å². The van der Waals surface area contributed by atoms with Crippen molar-refractivity contribution in [2.75, 3.05) is 5.32 Å². The number of rotatable bonds is 4. The molecule has 2 aromatic heterocycles. The second-order valence-corrected chi connectivity index (χ2v) is 6.46. The van der Waals surface area contributed by atoms with Crippen LogP contribution in [-0.4, -0.2) is 20.6 Å². The number of urea groups is 1. The van der Waals surface area contributed by atoms with Crippen LogP contribution in [0.25, 0.3) is 5.82 Å². The molecule has 30 heavy (non-hydrogen) atoms. The molecule has 0 unspecified atom stereocenters. The fourth-order valence-corrected chi connectivity index (χ4v) is 2.88. The molecule has 0 aliphatic heterocycles. The summed E-state index contributed by atoms with van der Waals surface area (Å²) in [6.45, 7) is 0.334. The Kier molecular flexibility index (Phi) is 5.83. The van der Waals surface area contributed by atoms with Gasteiger partial charge in [-0.25, -0.2) is 14.8 Å². The van der Waals surface area contributed by atoms with Gasteiger partial charge in [-0.15, -0.1) is 0 Å². The molecule has 0 atom stereocenters. The molecule has 0 aliphatic rings. The zero-order valence-electron chi connectivity index (χ0n) is 16.1. The first-order chi connectivity index (χ1) is 14.8. The van der Waals surface area contributed by atoms with E-state index in [1.807, 2.05) is 77.5 Å². The number of carbonyl (C=O) groups excluding carboxylic acids is 1. The van der Waals surface area contributed by atoms with Gasteiger partial charge in [-0.3, -0.25) is 4.57 Å². The van der Waals surface area contributed by atoms with Gasteiger partial charge in [-0.1, -0.05) is 42.2 Å². The quantitative estimate of drug-likeness (QED) is 0.515. The van der Waals surface area contributed by atoms with E-state index >= 15 is 0 Å². The molecule has 6 heteroatoms. The van der Waals surface area contributed by atoms with Crippen LogP contribution in [0.4, 0.5) is 10.5 Å². The molecule has 0 saturated carbocycles. The summed E-state index contributed by atoms with van der Waals surface area (Å²) < 4.78 is 1.81. The van der Waals surface area contributed by atoms with Crippen LogP contribution in [0.3, 0.4) is 0 Å². The summed E-state index contributed by atoms with van der Waals surface area (Å²) in [7, 11) is 0. The molecule has 0 bridgehead atoms. The Hall–Kier alpha value is -4.37. The number of nitrogens with zero attached hydrogens (tertiary/aromatic N) is 3. The molecule has 4 aromatic rings. The molecule has 2 heterocycles. The van der Waals surface area contributed by atoms with Crippen molar-refractivity contribution in [3.05, 3.63) is 108 Å². The highest BCUT2D eigenvalue weighted by atomic mass is 16.2. The average Bonchev–Trinajstić information content (AvgIpc) is 3.32. The van der Waals surface area contributed by atoms with Crippen LogP contribution in [0.15, 0.2) is 91.6 Å². The highest BCUT2D eigenvalue weighted by Gasteiger charge is 2.07. The van der Waals surface area contributed by atoms with Gasteiger partial charge < -0.3 is 10.6 Å². The van der Waals surface area contributed by atoms with Crippen molar-refractivity contribution < 1.29 is 4.79 Å². The van der Waals surface area contributed by atoms with Gasteiger partial charge in [-0.2, -0.15) is 0 Å². The van der Waals surface area contributed by atoms with Crippen molar-refractivity contribution in [3.63, 3.8) is 0 Å². The van der Waals surface area contributed by atoms with Gasteiger partial charge in [-0.05, 0) is 36.4 Å². The lowest BCUT2D eigenvalue weighted by Crippen LogP contribution is -2.28. The SMILES string of the molecule is O=C(NCc1cccnc1-n1ccnc1)Nc1cccc(C#Cc2ccccc2)c1. The van der Waals surface area contributed by atoms with Crippen molar-refractivity contribution >= 4 is 11.7 Å². The first kappa shape index (κ1) is 19.0.